The molecule has 4 heterocycles. The second-order valence-corrected chi connectivity index (χ2v) is 24.6. The number of aromatic amines is 1. The van der Waals surface area contributed by atoms with Crippen LogP contribution >= 0.6 is 79.4 Å². The Bertz CT molecular complexity index is 5210. The van der Waals surface area contributed by atoms with Gasteiger partial charge < -0.3 is 19.6 Å². The highest BCUT2D eigenvalue weighted by Crippen LogP contribution is 2.43. The lowest BCUT2D eigenvalue weighted by Gasteiger charge is -2.16. The summed E-state index contributed by atoms with van der Waals surface area (Å²) in [7, 11) is 0. The van der Waals surface area contributed by atoms with Crippen molar-refractivity contribution in [2.75, 3.05) is 13.2 Å². The first-order valence-corrected chi connectivity index (χ1v) is 32.2. The standard InChI is InChI=1S/C18H12BrF2N3O2S.C18H13F2N3O2S.C16H8BrF2N3O2S.C14H9N3S/c1-2-26-16(25)18(20,21)27-17-23-10-15(19)24(17)14-8-7-11(9-22)12-5-3-4-6-13(12)14;1-2-25-16(24)18(19,20)26-17-22-9-10-23(17)15-8-7-12(11-21)13-5-3-4-6-14(13)15;17-13-8-21-15(25-16(18,19)14(23)24)22(13)12-6-5-9(7-20)10-3-1-2-4-11(10)12;15-9-10-5-6-13(17-8-7-16-14(17)18)12-4-2-1-3-11(10)12/h3-8,10H,2H2,1H3;3-10H,2H2,1H3;1-6,8H,(H,23,24);1-8H,(H,16,18). The molecule has 0 aliphatic rings. The van der Waals surface area contributed by atoms with Crippen molar-refractivity contribution in [2.24, 2.45) is 0 Å². The highest BCUT2D eigenvalue weighted by atomic mass is 79.9. The van der Waals surface area contributed by atoms with Gasteiger partial charge in [-0.2, -0.15) is 47.4 Å². The highest BCUT2D eigenvalue weighted by molar-refractivity contribution is 9.10. The van der Waals surface area contributed by atoms with E-state index in [0.29, 0.717) is 85.6 Å². The predicted molar refractivity (Wildman–Crippen MR) is 359 cm³/mol. The van der Waals surface area contributed by atoms with E-state index in [9.17, 15) is 56.5 Å². The zero-order chi connectivity index (χ0) is 69.1. The van der Waals surface area contributed by atoms with Gasteiger partial charge in [0.15, 0.2) is 20.2 Å². The van der Waals surface area contributed by atoms with Gasteiger partial charge in [0, 0.05) is 67.9 Å². The number of ether oxygens (including phenoxy) is 2. The lowest BCUT2D eigenvalue weighted by molar-refractivity contribution is -0.160. The molecule has 0 aliphatic carbocycles. The lowest BCUT2D eigenvalue weighted by Crippen LogP contribution is -2.27. The number of hydrogen-bond donors (Lipinski definition) is 2. The monoisotopic (exact) mass is 1500 g/mol. The van der Waals surface area contributed by atoms with Crippen LogP contribution in [-0.2, 0) is 23.9 Å². The summed E-state index contributed by atoms with van der Waals surface area (Å²) in [6.07, 6.45) is 9.27. The molecule has 2 N–H and O–H groups in total. The van der Waals surface area contributed by atoms with Crippen LogP contribution in [0.2, 0.25) is 0 Å². The molecule has 0 spiro atoms. The predicted octanol–water partition coefficient (Wildman–Crippen LogP) is 17.0. The maximum atomic E-state index is 14.2. The van der Waals surface area contributed by atoms with Crippen molar-refractivity contribution in [3.63, 3.8) is 0 Å². The summed E-state index contributed by atoms with van der Waals surface area (Å²) in [4.78, 5) is 48.5. The molecule has 0 aliphatic heterocycles. The highest BCUT2D eigenvalue weighted by Gasteiger charge is 2.45. The van der Waals surface area contributed by atoms with E-state index in [1.807, 2.05) is 47.2 Å². The van der Waals surface area contributed by atoms with Gasteiger partial charge in [-0.1, -0.05) is 97.1 Å². The minimum Gasteiger partial charge on any atom is -0.476 e. The van der Waals surface area contributed by atoms with Crippen LogP contribution in [0.3, 0.4) is 0 Å². The molecular weight excluding hydrogens is 1460 g/mol. The first kappa shape index (κ1) is 70.1. The number of H-pyrrole nitrogens is 1. The summed E-state index contributed by atoms with van der Waals surface area (Å²) < 4.78 is 100. The van der Waals surface area contributed by atoms with E-state index in [1.54, 1.807) is 115 Å². The third-order valence-corrected chi connectivity index (χ3v) is 17.8. The van der Waals surface area contributed by atoms with Crippen LogP contribution in [0.5, 0.6) is 0 Å². The van der Waals surface area contributed by atoms with Crippen LogP contribution in [0.15, 0.2) is 207 Å². The van der Waals surface area contributed by atoms with Crippen molar-refractivity contribution in [1.82, 2.24) is 38.2 Å². The zero-order valence-electron chi connectivity index (χ0n) is 49.3. The fourth-order valence-electron chi connectivity index (χ4n) is 9.50. The smallest absolute Gasteiger partial charge is 0.395 e. The van der Waals surface area contributed by atoms with Gasteiger partial charge in [0.2, 0.25) is 0 Å². The van der Waals surface area contributed by atoms with Crippen LogP contribution in [0.1, 0.15) is 36.1 Å². The number of benzene rings is 8. The molecule has 96 heavy (non-hydrogen) atoms. The molecule has 8 aromatic carbocycles. The van der Waals surface area contributed by atoms with Crippen molar-refractivity contribution in [2.45, 2.75) is 45.1 Å². The molecule has 12 rings (SSSR count). The Morgan fingerprint density at radius 3 is 1.18 bits per heavy atom. The van der Waals surface area contributed by atoms with Crippen LogP contribution in [0, 0.1) is 50.1 Å². The summed E-state index contributed by atoms with van der Waals surface area (Å²) in [5.41, 5.74) is 4.69. The zero-order valence-corrected chi connectivity index (χ0v) is 55.7. The summed E-state index contributed by atoms with van der Waals surface area (Å²) in [5, 5.41) is 39.7. The van der Waals surface area contributed by atoms with Gasteiger partial charge in [0.05, 0.1) is 94.9 Å². The Hall–Kier alpha value is -10.2. The van der Waals surface area contributed by atoms with Gasteiger partial charge in [-0.15, -0.1) is 0 Å². The first-order valence-electron chi connectivity index (χ1n) is 27.8. The normalized spacial score (nSPS) is 11.2. The molecule has 0 amide bonds. The largest absolute Gasteiger partial charge is 0.476 e. The van der Waals surface area contributed by atoms with Gasteiger partial charge in [-0.3, -0.25) is 18.3 Å². The number of nitriles is 4. The Morgan fingerprint density at radius 2 is 0.833 bits per heavy atom. The summed E-state index contributed by atoms with van der Waals surface area (Å²) >= 11 is 11.7. The second kappa shape index (κ2) is 30.5. The number of carbonyl (C=O) groups is 3. The number of carbonyl (C=O) groups excluding carboxylic acids is 2. The molecule has 12 aromatic rings. The second-order valence-electron chi connectivity index (χ2n) is 19.4. The molecule has 0 unspecified atom stereocenters. The third kappa shape index (κ3) is 15.1. The van der Waals surface area contributed by atoms with E-state index in [0.717, 1.165) is 16.5 Å². The molecule has 18 nitrogen and oxygen atoms in total. The maximum absolute atomic E-state index is 14.2. The number of aromatic nitrogens is 8. The van der Waals surface area contributed by atoms with Crippen LogP contribution in [0.25, 0.3) is 65.8 Å². The number of esters is 2. The van der Waals surface area contributed by atoms with Crippen molar-refractivity contribution < 1.29 is 55.3 Å². The van der Waals surface area contributed by atoms with Crippen LogP contribution in [0.4, 0.5) is 26.3 Å². The van der Waals surface area contributed by atoms with E-state index >= 15 is 0 Å². The van der Waals surface area contributed by atoms with Gasteiger partial charge in [0.25, 0.3) is 0 Å². The molecule has 30 heteroatoms. The number of alkyl halides is 6. The van der Waals surface area contributed by atoms with E-state index in [1.165, 1.54) is 52.3 Å². The van der Waals surface area contributed by atoms with Crippen LogP contribution < -0.4 is 0 Å². The summed E-state index contributed by atoms with van der Waals surface area (Å²) in [6.45, 7) is 2.64. The van der Waals surface area contributed by atoms with Crippen molar-refractivity contribution >= 4 is 140 Å². The Morgan fingerprint density at radius 1 is 0.500 bits per heavy atom. The van der Waals surface area contributed by atoms with Crippen molar-refractivity contribution in [3.8, 4) is 47.0 Å². The molecule has 4 aromatic heterocycles. The first-order chi connectivity index (χ1) is 46.0. The number of nitrogens with one attached hydrogen (secondary N) is 1. The van der Waals surface area contributed by atoms with Gasteiger partial charge in [0.1, 0.15) is 9.21 Å². The van der Waals surface area contributed by atoms with Gasteiger partial charge in [-0.25, -0.2) is 29.3 Å². The van der Waals surface area contributed by atoms with E-state index in [-0.39, 0.29) is 64.0 Å². The number of carboxylic acids is 1. The topological polar surface area (TPSA) is 259 Å². The third-order valence-electron chi connectivity index (χ3n) is 13.6. The Balaban J connectivity index is 0.000000152. The van der Waals surface area contributed by atoms with E-state index in [2.05, 4.69) is 85.5 Å². The number of halogens is 8. The molecule has 0 saturated carbocycles. The number of carboxylic acid groups (broad SMARTS) is 1. The number of aliphatic carboxylic acids is 1. The average molecular weight is 1500 g/mol. The summed E-state index contributed by atoms with van der Waals surface area (Å²) in [5.74, 6) is -5.47. The van der Waals surface area contributed by atoms with Crippen LogP contribution in [-0.4, -0.2) is 90.2 Å². The number of hydrogen-bond acceptors (Lipinski definition) is 16. The minimum absolute atomic E-state index is 0.00371. The average Bonchev–Trinajstić information content (AvgIpc) is 1.75. The molecule has 0 saturated heterocycles. The summed E-state index contributed by atoms with van der Waals surface area (Å²) in [6, 6.07) is 51.2. The van der Waals surface area contributed by atoms with E-state index in [4.69, 9.17) is 22.6 Å². The SMILES string of the molecule is CCOC(=O)C(F)(F)Sc1ncc(Br)n1-c1ccc(C#N)c2ccccc12.CCOC(=O)C(F)(F)Sc1nccn1-c1ccc(C#N)c2ccccc12.N#Cc1ccc(-n2c(Br)cnc2SC(F)(F)C(=O)O)c2ccccc12.N#Cc1ccc(-n2cc[nH]c2=S)c2ccccc12. The van der Waals surface area contributed by atoms with Gasteiger partial charge >= 0.3 is 33.7 Å². The number of rotatable bonds is 15. The maximum Gasteiger partial charge on any atom is 0.395 e. The fourth-order valence-corrected chi connectivity index (χ4v) is 13.1. The molecule has 0 atom stereocenters. The van der Waals surface area contributed by atoms with Crippen molar-refractivity contribution in [3.05, 3.63) is 219 Å². The Labute approximate surface area is 575 Å². The molecule has 0 radical (unpaired) electrons. The number of fused-ring (bicyclic) bond motifs is 4. The van der Waals surface area contributed by atoms with E-state index < -0.39 is 33.7 Å². The number of thioether (sulfide) groups is 3. The minimum atomic E-state index is -4.02. The number of imidazole rings is 4. The van der Waals surface area contributed by atoms with Gasteiger partial charge in [-0.05, 0) is 142 Å². The Kier molecular flexibility index (Phi) is 22.3. The quantitative estimate of drug-likeness (QED) is 0.0418. The molecule has 482 valence electrons. The molecular formula is C66H42Br2F6N12O6S4. The number of nitrogens with zero attached hydrogens (tertiary/aromatic N) is 11. The van der Waals surface area contributed by atoms with Crippen molar-refractivity contribution in [1.29, 1.82) is 21.0 Å². The fraction of sp³-hybridized carbons (Fsp3) is 0.106. The molecule has 0 fully saturated rings. The lowest BCUT2D eigenvalue weighted by atomic mass is 10.0. The molecule has 0 bridgehead atoms.